The van der Waals surface area contributed by atoms with Crippen LogP contribution in [0.5, 0.6) is 0 Å². The Morgan fingerprint density at radius 3 is 2.65 bits per heavy atom. The zero-order valence-electron chi connectivity index (χ0n) is 11.4. The molecule has 0 saturated heterocycles. The van der Waals surface area contributed by atoms with Gasteiger partial charge in [0.15, 0.2) is 5.69 Å². The summed E-state index contributed by atoms with van der Waals surface area (Å²) in [5, 5.41) is 3.89. The van der Waals surface area contributed by atoms with Gasteiger partial charge in [0.1, 0.15) is 0 Å². The fourth-order valence-electron chi connectivity index (χ4n) is 2.71. The second kappa shape index (κ2) is 6.19. The number of esters is 1. The minimum atomic E-state index is -2.65. The van der Waals surface area contributed by atoms with Crippen molar-refractivity contribution in [2.45, 2.75) is 44.6 Å². The smallest absolute Gasteiger partial charge is 0.305 e. The van der Waals surface area contributed by atoms with Crippen molar-refractivity contribution in [1.29, 1.82) is 0 Å². The standard InChI is InChI=1S/C13H19F2N3O2/c1-20-11(19)6-8-2-4-9(5-3-8)18-7-10(16)12(17-18)13(14)15/h7-9,13H,2-6,16H2,1H3. The van der Waals surface area contributed by atoms with Gasteiger partial charge in [0.2, 0.25) is 0 Å². The molecule has 0 bridgehead atoms. The van der Waals surface area contributed by atoms with Crippen molar-refractivity contribution >= 4 is 11.7 Å². The lowest BCUT2D eigenvalue weighted by Gasteiger charge is -2.28. The Morgan fingerprint density at radius 1 is 1.50 bits per heavy atom. The molecule has 1 aliphatic carbocycles. The first kappa shape index (κ1) is 14.7. The second-order valence-corrected chi connectivity index (χ2v) is 5.21. The van der Waals surface area contributed by atoms with Crippen LogP contribution in [0.15, 0.2) is 6.20 Å². The van der Waals surface area contributed by atoms with Crippen LogP contribution in [0.25, 0.3) is 0 Å². The summed E-state index contributed by atoms with van der Waals surface area (Å²) in [6.45, 7) is 0. The number of alkyl halides is 2. The Hall–Kier alpha value is -1.66. The van der Waals surface area contributed by atoms with Gasteiger partial charge in [-0.2, -0.15) is 5.10 Å². The van der Waals surface area contributed by atoms with Crippen molar-refractivity contribution in [3.05, 3.63) is 11.9 Å². The van der Waals surface area contributed by atoms with E-state index in [4.69, 9.17) is 5.73 Å². The molecule has 0 radical (unpaired) electrons. The number of nitrogen functional groups attached to an aromatic ring is 1. The van der Waals surface area contributed by atoms with Crippen molar-refractivity contribution in [2.75, 3.05) is 12.8 Å². The third-order valence-electron chi connectivity index (χ3n) is 3.87. The first-order valence-corrected chi connectivity index (χ1v) is 6.70. The van der Waals surface area contributed by atoms with Gasteiger partial charge in [0.25, 0.3) is 6.43 Å². The van der Waals surface area contributed by atoms with Crippen LogP contribution < -0.4 is 5.73 Å². The summed E-state index contributed by atoms with van der Waals surface area (Å²) in [5.41, 5.74) is 5.23. The van der Waals surface area contributed by atoms with Gasteiger partial charge in [0.05, 0.1) is 18.8 Å². The van der Waals surface area contributed by atoms with Crippen LogP contribution in [0.3, 0.4) is 0 Å². The minimum Gasteiger partial charge on any atom is -0.469 e. The maximum Gasteiger partial charge on any atom is 0.305 e. The zero-order valence-corrected chi connectivity index (χ0v) is 11.4. The van der Waals surface area contributed by atoms with E-state index in [1.54, 1.807) is 4.68 Å². The van der Waals surface area contributed by atoms with E-state index in [0.29, 0.717) is 12.3 Å². The van der Waals surface area contributed by atoms with Crippen LogP contribution in [-0.4, -0.2) is 22.9 Å². The third-order valence-corrected chi connectivity index (χ3v) is 3.87. The van der Waals surface area contributed by atoms with Crippen LogP contribution in [0.2, 0.25) is 0 Å². The molecule has 5 nitrogen and oxygen atoms in total. The van der Waals surface area contributed by atoms with Gasteiger partial charge in [-0.15, -0.1) is 0 Å². The number of rotatable bonds is 4. The van der Waals surface area contributed by atoms with Gasteiger partial charge >= 0.3 is 5.97 Å². The predicted octanol–water partition coefficient (Wildman–Crippen LogP) is 2.70. The molecule has 1 aromatic heterocycles. The number of hydrogen-bond donors (Lipinski definition) is 1. The van der Waals surface area contributed by atoms with E-state index in [2.05, 4.69) is 9.84 Å². The summed E-state index contributed by atoms with van der Waals surface area (Å²) < 4.78 is 31.5. The van der Waals surface area contributed by atoms with Crippen LogP contribution in [-0.2, 0) is 9.53 Å². The van der Waals surface area contributed by atoms with Crippen molar-refractivity contribution in [2.24, 2.45) is 5.92 Å². The van der Waals surface area contributed by atoms with Gasteiger partial charge in [-0.05, 0) is 31.6 Å². The number of nitrogens with zero attached hydrogens (tertiary/aromatic N) is 2. The Labute approximate surface area is 116 Å². The number of hydrogen-bond acceptors (Lipinski definition) is 4. The first-order chi connectivity index (χ1) is 9.51. The van der Waals surface area contributed by atoms with E-state index < -0.39 is 6.43 Å². The number of carbonyl (C=O) groups is 1. The van der Waals surface area contributed by atoms with Crippen molar-refractivity contribution in [3.8, 4) is 0 Å². The number of anilines is 1. The molecule has 0 aliphatic heterocycles. The molecule has 1 saturated carbocycles. The molecule has 2 N–H and O–H groups in total. The summed E-state index contributed by atoms with van der Waals surface area (Å²) in [6, 6.07) is 0.0821. The number of nitrogens with two attached hydrogens (primary N) is 1. The molecule has 1 fully saturated rings. The minimum absolute atomic E-state index is 0.0386. The Kier molecular flexibility index (Phi) is 4.57. The lowest BCUT2D eigenvalue weighted by Crippen LogP contribution is -2.21. The summed E-state index contributed by atoms with van der Waals surface area (Å²) in [6.07, 6.45) is 2.61. The molecule has 1 aromatic rings. The Balaban J connectivity index is 1.93. The normalized spacial score (nSPS) is 23.0. The van der Waals surface area contributed by atoms with Gasteiger partial charge in [-0.3, -0.25) is 9.48 Å². The van der Waals surface area contributed by atoms with Gasteiger partial charge in [-0.1, -0.05) is 0 Å². The zero-order chi connectivity index (χ0) is 14.7. The summed E-state index contributed by atoms with van der Waals surface area (Å²) in [5.74, 6) is 0.109. The monoisotopic (exact) mass is 287 g/mol. The largest absolute Gasteiger partial charge is 0.469 e. The highest BCUT2D eigenvalue weighted by Crippen LogP contribution is 2.35. The van der Waals surface area contributed by atoms with Crippen LogP contribution in [0, 0.1) is 5.92 Å². The van der Waals surface area contributed by atoms with Gasteiger partial charge < -0.3 is 10.5 Å². The summed E-state index contributed by atoms with van der Waals surface area (Å²) >= 11 is 0. The highest BCUT2D eigenvalue weighted by Gasteiger charge is 2.26. The molecular formula is C13H19F2N3O2. The molecule has 2 rings (SSSR count). The highest BCUT2D eigenvalue weighted by atomic mass is 19.3. The maximum absolute atomic E-state index is 12.6. The molecule has 0 unspecified atom stereocenters. The maximum atomic E-state index is 12.6. The average molecular weight is 287 g/mol. The van der Waals surface area contributed by atoms with Crippen molar-refractivity contribution in [1.82, 2.24) is 9.78 Å². The Morgan fingerprint density at radius 2 is 2.15 bits per heavy atom. The van der Waals surface area contributed by atoms with Crippen molar-refractivity contribution in [3.63, 3.8) is 0 Å². The topological polar surface area (TPSA) is 70.1 Å². The molecular weight excluding hydrogens is 268 g/mol. The number of aromatic nitrogens is 2. The second-order valence-electron chi connectivity index (χ2n) is 5.21. The SMILES string of the molecule is COC(=O)CC1CCC(n2cc(N)c(C(F)F)n2)CC1. The summed E-state index contributed by atoms with van der Waals surface area (Å²) in [4.78, 5) is 11.2. The highest BCUT2D eigenvalue weighted by molar-refractivity contribution is 5.69. The lowest BCUT2D eigenvalue weighted by molar-refractivity contribution is -0.142. The number of carbonyl (C=O) groups excluding carboxylic acids is 1. The molecule has 0 spiro atoms. The van der Waals surface area contributed by atoms with Crippen LogP contribution >= 0.6 is 0 Å². The van der Waals surface area contributed by atoms with E-state index in [-0.39, 0.29) is 23.4 Å². The molecule has 1 heterocycles. The predicted molar refractivity (Wildman–Crippen MR) is 69.2 cm³/mol. The van der Waals surface area contributed by atoms with Crippen molar-refractivity contribution < 1.29 is 18.3 Å². The summed E-state index contributed by atoms with van der Waals surface area (Å²) in [7, 11) is 1.38. The number of ether oxygens (including phenoxy) is 1. The van der Waals surface area contributed by atoms with Gasteiger partial charge in [-0.25, -0.2) is 8.78 Å². The van der Waals surface area contributed by atoms with E-state index in [1.807, 2.05) is 0 Å². The van der Waals surface area contributed by atoms with Gasteiger partial charge in [0, 0.05) is 12.6 Å². The van der Waals surface area contributed by atoms with E-state index in [9.17, 15) is 13.6 Å². The molecule has 20 heavy (non-hydrogen) atoms. The molecule has 0 aromatic carbocycles. The van der Waals surface area contributed by atoms with Crippen LogP contribution in [0.1, 0.15) is 50.3 Å². The fraction of sp³-hybridized carbons (Fsp3) is 0.692. The first-order valence-electron chi connectivity index (χ1n) is 6.70. The lowest BCUT2D eigenvalue weighted by atomic mass is 9.84. The van der Waals surface area contributed by atoms with E-state index in [0.717, 1.165) is 25.7 Å². The van der Waals surface area contributed by atoms with E-state index >= 15 is 0 Å². The Bertz CT molecular complexity index is 468. The average Bonchev–Trinajstić information content (AvgIpc) is 2.81. The molecule has 7 heteroatoms. The van der Waals surface area contributed by atoms with Crippen LogP contribution in [0.4, 0.5) is 14.5 Å². The number of methoxy groups -OCH3 is 1. The molecule has 0 amide bonds. The third kappa shape index (κ3) is 3.26. The number of halogens is 2. The fourth-order valence-corrected chi connectivity index (χ4v) is 2.71. The molecule has 112 valence electrons. The molecule has 0 atom stereocenters. The van der Waals surface area contributed by atoms with E-state index in [1.165, 1.54) is 13.3 Å². The quantitative estimate of drug-likeness (QED) is 0.864. The molecule has 1 aliphatic rings.